The van der Waals surface area contributed by atoms with E-state index < -0.39 is 11.6 Å². The van der Waals surface area contributed by atoms with Crippen LogP contribution in [-0.4, -0.2) is 31.1 Å². The van der Waals surface area contributed by atoms with Crippen molar-refractivity contribution >= 4 is 17.4 Å². The van der Waals surface area contributed by atoms with Crippen molar-refractivity contribution in [2.75, 3.05) is 24.0 Å². The maximum Gasteiger partial charge on any atom is 0.149 e. The molecule has 0 saturated carbocycles. The van der Waals surface area contributed by atoms with Gasteiger partial charge in [0.1, 0.15) is 17.3 Å². The molecule has 0 aromatic heterocycles. The predicted molar refractivity (Wildman–Crippen MR) is 89.2 cm³/mol. The summed E-state index contributed by atoms with van der Waals surface area (Å²) in [7, 11) is 1.75. The molecule has 0 amide bonds. The van der Waals surface area contributed by atoms with Crippen LogP contribution in [0.25, 0.3) is 0 Å². The number of thioether (sulfide) groups is 1. The molecule has 21 heavy (non-hydrogen) atoms. The minimum Gasteiger partial charge on any atom is -0.366 e. The predicted octanol–water partition coefficient (Wildman–Crippen LogP) is 3.82. The van der Waals surface area contributed by atoms with Crippen LogP contribution < -0.4 is 10.6 Å². The van der Waals surface area contributed by atoms with Gasteiger partial charge in [0.25, 0.3) is 0 Å². The minimum absolute atomic E-state index is 0.0599. The summed E-state index contributed by atoms with van der Waals surface area (Å²) >= 11 is 1.68. The smallest absolute Gasteiger partial charge is 0.149 e. The average Bonchev–Trinajstić information content (AvgIpc) is 2.43. The number of anilines is 1. The molecule has 2 atom stereocenters. The van der Waals surface area contributed by atoms with Gasteiger partial charge in [0, 0.05) is 24.9 Å². The number of rotatable bonds is 8. The highest BCUT2D eigenvalue weighted by Crippen LogP contribution is 2.27. The molecule has 0 aliphatic rings. The van der Waals surface area contributed by atoms with E-state index in [2.05, 4.69) is 0 Å². The highest BCUT2D eigenvalue weighted by Gasteiger charge is 2.21. The van der Waals surface area contributed by atoms with Crippen LogP contribution in [0.2, 0.25) is 0 Å². The van der Waals surface area contributed by atoms with Crippen molar-refractivity contribution in [1.29, 1.82) is 0 Å². The average molecular weight is 316 g/mol. The Hall–Kier alpha value is -0.810. The first-order valence-electron chi connectivity index (χ1n) is 7.39. The second-order valence-electron chi connectivity index (χ2n) is 5.41. The summed E-state index contributed by atoms with van der Waals surface area (Å²) in [6.45, 7) is 4.00. The van der Waals surface area contributed by atoms with Crippen LogP contribution in [0.3, 0.4) is 0 Å². The largest absolute Gasteiger partial charge is 0.366 e. The van der Waals surface area contributed by atoms with Gasteiger partial charge in [-0.25, -0.2) is 8.78 Å². The van der Waals surface area contributed by atoms with E-state index in [1.54, 1.807) is 23.7 Å². The van der Waals surface area contributed by atoms with Crippen LogP contribution in [0.1, 0.15) is 32.3 Å². The number of hydrogen-bond acceptors (Lipinski definition) is 3. The van der Waals surface area contributed by atoms with E-state index in [1.165, 1.54) is 12.1 Å². The fourth-order valence-electron chi connectivity index (χ4n) is 2.40. The Balaban J connectivity index is 3.03. The van der Waals surface area contributed by atoms with Gasteiger partial charge in [0.15, 0.2) is 0 Å². The molecule has 1 aromatic carbocycles. The third-order valence-electron chi connectivity index (χ3n) is 3.83. The maximum atomic E-state index is 14.3. The van der Waals surface area contributed by atoms with Gasteiger partial charge in [-0.15, -0.1) is 0 Å². The van der Waals surface area contributed by atoms with Gasteiger partial charge in [-0.1, -0.05) is 13.8 Å². The summed E-state index contributed by atoms with van der Waals surface area (Å²) in [5.74, 6) is -0.167. The van der Waals surface area contributed by atoms with Gasteiger partial charge < -0.3 is 10.6 Å². The summed E-state index contributed by atoms with van der Waals surface area (Å²) < 4.78 is 28.6. The molecule has 0 bridgehead atoms. The van der Waals surface area contributed by atoms with Gasteiger partial charge in [-0.05, 0) is 43.2 Å². The SMILES string of the molecule is CCC(N)Cc1cc(F)c(N(C)C(CC)CSC)c(F)c1. The first-order chi connectivity index (χ1) is 9.94. The number of hydrogen-bond donors (Lipinski definition) is 1. The fourth-order valence-corrected chi connectivity index (χ4v) is 3.24. The summed E-state index contributed by atoms with van der Waals surface area (Å²) in [5, 5.41) is 0. The van der Waals surface area contributed by atoms with E-state index in [0.29, 0.717) is 12.0 Å². The lowest BCUT2D eigenvalue weighted by Gasteiger charge is -2.29. The molecule has 0 aliphatic carbocycles. The van der Waals surface area contributed by atoms with Crippen molar-refractivity contribution in [2.24, 2.45) is 5.73 Å². The standard InChI is InChI=1S/C16H26F2N2S/c1-5-12(19)7-11-8-14(17)16(15(18)9-11)20(3)13(6-2)10-21-4/h8-9,12-13H,5-7,10,19H2,1-4H3. The molecule has 0 saturated heterocycles. The third-order valence-corrected chi connectivity index (χ3v) is 4.55. The molecule has 0 radical (unpaired) electrons. The fraction of sp³-hybridized carbons (Fsp3) is 0.625. The first-order valence-corrected chi connectivity index (χ1v) is 8.79. The van der Waals surface area contributed by atoms with Crippen molar-refractivity contribution in [3.05, 3.63) is 29.3 Å². The van der Waals surface area contributed by atoms with Crippen molar-refractivity contribution < 1.29 is 8.78 Å². The number of nitrogens with two attached hydrogens (primary N) is 1. The Morgan fingerprint density at radius 2 is 1.76 bits per heavy atom. The van der Waals surface area contributed by atoms with E-state index in [4.69, 9.17) is 5.73 Å². The number of halogens is 2. The Labute approximate surface area is 131 Å². The topological polar surface area (TPSA) is 29.3 Å². The molecule has 2 nitrogen and oxygen atoms in total. The van der Waals surface area contributed by atoms with Crippen molar-refractivity contribution in [2.45, 2.75) is 45.2 Å². The molecular weight excluding hydrogens is 290 g/mol. The van der Waals surface area contributed by atoms with Crippen LogP contribution in [-0.2, 0) is 6.42 Å². The Morgan fingerprint density at radius 1 is 1.19 bits per heavy atom. The molecule has 2 N–H and O–H groups in total. The monoisotopic (exact) mass is 316 g/mol. The van der Waals surface area contributed by atoms with Crippen LogP contribution in [0.15, 0.2) is 12.1 Å². The second-order valence-corrected chi connectivity index (χ2v) is 6.32. The maximum absolute atomic E-state index is 14.3. The van der Waals surface area contributed by atoms with E-state index in [0.717, 1.165) is 18.6 Å². The van der Waals surface area contributed by atoms with E-state index in [1.807, 2.05) is 20.1 Å². The summed E-state index contributed by atoms with van der Waals surface area (Å²) in [6, 6.07) is 2.88. The summed E-state index contributed by atoms with van der Waals surface area (Å²) in [6.07, 6.45) is 4.13. The van der Waals surface area contributed by atoms with E-state index in [-0.39, 0.29) is 17.8 Å². The molecule has 0 fully saturated rings. The van der Waals surface area contributed by atoms with Crippen LogP contribution >= 0.6 is 11.8 Å². The zero-order valence-corrected chi connectivity index (χ0v) is 14.1. The van der Waals surface area contributed by atoms with Gasteiger partial charge in [-0.2, -0.15) is 11.8 Å². The Kier molecular flexibility index (Phi) is 7.46. The molecule has 0 aliphatic heterocycles. The minimum atomic E-state index is -0.504. The van der Waals surface area contributed by atoms with Crippen molar-refractivity contribution in [1.82, 2.24) is 0 Å². The second kappa shape index (κ2) is 8.59. The van der Waals surface area contributed by atoms with Crippen LogP contribution in [0.5, 0.6) is 0 Å². The highest BCUT2D eigenvalue weighted by atomic mass is 32.2. The lowest BCUT2D eigenvalue weighted by Crippen LogP contribution is -2.34. The molecule has 0 spiro atoms. The molecular formula is C16H26F2N2S. The van der Waals surface area contributed by atoms with E-state index >= 15 is 0 Å². The lowest BCUT2D eigenvalue weighted by atomic mass is 10.0. The summed E-state index contributed by atoms with van der Waals surface area (Å²) in [4.78, 5) is 1.71. The van der Waals surface area contributed by atoms with Crippen molar-refractivity contribution in [3.8, 4) is 0 Å². The van der Waals surface area contributed by atoms with Gasteiger partial charge in [0.2, 0.25) is 0 Å². The molecule has 0 heterocycles. The Morgan fingerprint density at radius 3 is 2.19 bits per heavy atom. The first kappa shape index (κ1) is 18.2. The molecule has 1 rings (SSSR count). The zero-order valence-electron chi connectivity index (χ0n) is 13.3. The lowest BCUT2D eigenvalue weighted by molar-refractivity contribution is 0.552. The molecule has 5 heteroatoms. The van der Waals surface area contributed by atoms with Gasteiger partial charge in [0.05, 0.1) is 0 Å². The van der Waals surface area contributed by atoms with Crippen LogP contribution in [0.4, 0.5) is 14.5 Å². The Bertz CT molecular complexity index is 431. The number of nitrogens with zero attached hydrogens (tertiary/aromatic N) is 1. The van der Waals surface area contributed by atoms with E-state index in [9.17, 15) is 8.78 Å². The normalized spacial score (nSPS) is 14.0. The van der Waals surface area contributed by atoms with Crippen LogP contribution in [0, 0.1) is 11.6 Å². The molecule has 2 unspecified atom stereocenters. The summed E-state index contributed by atoms with van der Waals surface area (Å²) in [5.41, 5.74) is 6.53. The number of benzene rings is 1. The molecule has 120 valence electrons. The van der Waals surface area contributed by atoms with Gasteiger partial charge in [-0.3, -0.25) is 0 Å². The quantitative estimate of drug-likeness (QED) is 0.790. The zero-order chi connectivity index (χ0) is 16.0. The highest BCUT2D eigenvalue weighted by molar-refractivity contribution is 7.98. The van der Waals surface area contributed by atoms with Crippen molar-refractivity contribution in [3.63, 3.8) is 0 Å². The third kappa shape index (κ3) is 4.85. The molecule has 1 aromatic rings. The van der Waals surface area contributed by atoms with Gasteiger partial charge >= 0.3 is 0 Å².